The Hall–Kier alpha value is -3.27. The van der Waals surface area contributed by atoms with Gasteiger partial charge in [0.2, 0.25) is 11.8 Å². The Morgan fingerprint density at radius 1 is 0.800 bits per heavy atom. The number of aryl methyl sites for hydroxylation is 1. The average Bonchev–Trinajstić information content (AvgIpc) is 3.01. The third-order valence-electron chi connectivity index (χ3n) is 7.02. The van der Waals surface area contributed by atoms with Crippen LogP contribution in [0.25, 0.3) is 0 Å². The van der Waals surface area contributed by atoms with Crippen LogP contribution in [0, 0.1) is 6.92 Å². The van der Waals surface area contributed by atoms with E-state index in [1.807, 2.05) is 37.3 Å². The smallest absolute Gasteiger partial charge is 0.264 e. The fraction of sp³-hybridized carbons (Fsp3) is 0.212. The minimum atomic E-state index is -4.34. The third kappa shape index (κ3) is 8.71. The molecule has 2 amide bonds. The maximum Gasteiger partial charge on any atom is 0.264 e. The van der Waals surface area contributed by atoms with E-state index in [1.54, 1.807) is 37.3 Å². The van der Waals surface area contributed by atoms with E-state index < -0.39 is 34.4 Å². The van der Waals surface area contributed by atoms with Crippen LogP contribution in [0.15, 0.2) is 95.9 Å². The van der Waals surface area contributed by atoms with Crippen LogP contribution in [0.3, 0.4) is 0 Å². The van der Waals surface area contributed by atoms with Crippen molar-refractivity contribution in [3.05, 3.63) is 128 Å². The predicted octanol–water partition coefficient (Wildman–Crippen LogP) is 7.58. The van der Waals surface area contributed by atoms with E-state index in [2.05, 4.69) is 5.32 Å². The molecule has 0 unspecified atom stereocenters. The second kappa shape index (κ2) is 15.3. The number of hydrogen-bond donors (Lipinski definition) is 1. The molecule has 0 spiro atoms. The van der Waals surface area contributed by atoms with Crippen molar-refractivity contribution in [2.24, 2.45) is 0 Å². The molecule has 4 aromatic carbocycles. The van der Waals surface area contributed by atoms with Crippen molar-refractivity contribution in [2.45, 2.75) is 37.8 Å². The number of rotatable bonds is 12. The molecule has 0 heterocycles. The number of sulfonamides is 1. The first-order valence-electron chi connectivity index (χ1n) is 14.0. The zero-order valence-electron chi connectivity index (χ0n) is 24.5. The number of benzene rings is 4. The zero-order chi connectivity index (χ0) is 32.7. The van der Waals surface area contributed by atoms with E-state index >= 15 is 0 Å². The summed E-state index contributed by atoms with van der Waals surface area (Å²) >= 11 is 25.2. The number of halogens is 4. The van der Waals surface area contributed by atoms with Gasteiger partial charge in [0.15, 0.2) is 0 Å². The van der Waals surface area contributed by atoms with Gasteiger partial charge >= 0.3 is 0 Å². The van der Waals surface area contributed by atoms with E-state index in [4.69, 9.17) is 46.4 Å². The molecule has 4 rings (SSSR count). The van der Waals surface area contributed by atoms with E-state index in [-0.39, 0.29) is 38.6 Å². The van der Waals surface area contributed by atoms with Crippen LogP contribution >= 0.6 is 46.4 Å². The highest BCUT2D eigenvalue weighted by atomic mass is 35.5. The maximum absolute atomic E-state index is 14.5. The topological polar surface area (TPSA) is 86.8 Å². The molecule has 0 radical (unpaired) electrons. The number of nitrogens with zero attached hydrogens (tertiary/aromatic N) is 2. The molecule has 1 N–H and O–H groups in total. The van der Waals surface area contributed by atoms with Gasteiger partial charge in [0.05, 0.1) is 25.7 Å². The molecule has 7 nitrogen and oxygen atoms in total. The monoisotopic (exact) mass is 705 g/mol. The van der Waals surface area contributed by atoms with Crippen LogP contribution in [0.2, 0.25) is 20.1 Å². The van der Waals surface area contributed by atoms with Crippen LogP contribution in [0.4, 0.5) is 5.69 Å². The molecule has 0 saturated carbocycles. The van der Waals surface area contributed by atoms with Crippen molar-refractivity contribution in [1.82, 2.24) is 10.2 Å². The summed E-state index contributed by atoms with van der Waals surface area (Å²) in [4.78, 5) is 29.4. The van der Waals surface area contributed by atoms with Crippen LogP contribution in [-0.2, 0) is 32.6 Å². The highest BCUT2D eigenvalue weighted by Gasteiger charge is 2.35. The summed E-state index contributed by atoms with van der Waals surface area (Å²) in [6.07, 6.45) is 0.169. The van der Waals surface area contributed by atoms with Crippen LogP contribution < -0.4 is 9.62 Å². The summed E-state index contributed by atoms with van der Waals surface area (Å²) in [5, 5.41) is 3.72. The van der Waals surface area contributed by atoms with Crippen LogP contribution in [0.5, 0.6) is 0 Å². The van der Waals surface area contributed by atoms with Gasteiger partial charge in [-0.2, -0.15) is 0 Å². The number of nitrogens with one attached hydrogen (secondary N) is 1. The second-order valence-electron chi connectivity index (χ2n) is 10.3. The number of likely N-dealkylation sites (N-methyl/N-ethyl adjacent to an activating group) is 1. The van der Waals surface area contributed by atoms with E-state index in [0.29, 0.717) is 17.1 Å². The van der Waals surface area contributed by atoms with Gasteiger partial charge in [-0.25, -0.2) is 8.42 Å². The normalized spacial score (nSPS) is 12.0. The Balaban J connectivity index is 1.84. The number of carbonyl (C=O) groups is 2. The number of carbonyl (C=O) groups excluding carboxylic acids is 2. The molecule has 0 fully saturated rings. The van der Waals surface area contributed by atoms with Crippen molar-refractivity contribution >= 4 is 73.9 Å². The lowest BCUT2D eigenvalue weighted by molar-refractivity contribution is -0.140. The minimum Gasteiger partial charge on any atom is -0.355 e. The molecule has 12 heteroatoms. The molecule has 4 aromatic rings. The standard InChI is InChI=1S/C33H31Cl4N3O4S/c1-3-38-33(42)31(18-23-7-5-4-6-8-23)39(20-24-11-15-27(35)29(37)17-24)32(41)21-40(30-19-25(34)12-16-28(30)36)45(43,44)26-13-9-22(2)10-14-26/h4-17,19,31H,3,18,20-21H2,1-2H3,(H,38,42)/t31-/m0/s1. The molecule has 0 aromatic heterocycles. The van der Waals surface area contributed by atoms with Gasteiger partial charge in [-0.1, -0.05) is 100 Å². The molecule has 45 heavy (non-hydrogen) atoms. The Morgan fingerprint density at radius 3 is 2.11 bits per heavy atom. The van der Waals surface area contributed by atoms with Gasteiger partial charge in [-0.15, -0.1) is 0 Å². The molecular formula is C33H31Cl4N3O4S. The molecule has 0 aliphatic heterocycles. The third-order valence-corrected chi connectivity index (χ3v) is 10.1. The van der Waals surface area contributed by atoms with Gasteiger partial charge in [0.1, 0.15) is 12.6 Å². The minimum absolute atomic E-state index is 0.0187. The van der Waals surface area contributed by atoms with Crippen LogP contribution in [0.1, 0.15) is 23.6 Å². The molecule has 0 saturated heterocycles. The summed E-state index contributed by atoms with van der Waals surface area (Å²) in [6, 6.07) is 23.7. The second-order valence-corrected chi connectivity index (χ2v) is 13.8. The lowest BCUT2D eigenvalue weighted by atomic mass is 10.0. The maximum atomic E-state index is 14.5. The highest BCUT2D eigenvalue weighted by molar-refractivity contribution is 7.92. The predicted molar refractivity (Wildman–Crippen MR) is 182 cm³/mol. The quantitative estimate of drug-likeness (QED) is 0.165. The van der Waals surface area contributed by atoms with Crippen molar-refractivity contribution in [3.63, 3.8) is 0 Å². The average molecular weight is 708 g/mol. The molecule has 1 atom stereocenters. The summed E-state index contributed by atoms with van der Waals surface area (Å²) < 4.78 is 29.2. The van der Waals surface area contributed by atoms with E-state index in [9.17, 15) is 18.0 Å². The zero-order valence-corrected chi connectivity index (χ0v) is 28.4. The Bertz CT molecular complexity index is 1770. The molecular weight excluding hydrogens is 676 g/mol. The van der Waals surface area contributed by atoms with Crippen molar-refractivity contribution in [2.75, 3.05) is 17.4 Å². The van der Waals surface area contributed by atoms with Gasteiger partial charge in [0.25, 0.3) is 10.0 Å². The van der Waals surface area contributed by atoms with Crippen LogP contribution in [-0.4, -0.2) is 44.3 Å². The lowest BCUT2D eigenvalue weighted by Crippen LogP contribution is -2.53. The lowest BCUT2D eigenvalue weighted by Gasteiger charge is -2.34. The number of hydrogen-bond acceptors (Lipinski definition) is 4. The first kappa shape index (κ1) is 34.6. The Morgan fingerprint density at radius 2 is 1.47 bits per heavy atom. The Labute approximate surface area is 283 Å². The molecule has 0 aliphatic carbocycles. The summed E-state index contributed by atoms with van der Waals surface area (Å²) in [7, 11) is -4.34. The van der Waals surface area contributed by atoms with Crippen molar-refractivity contribution in [3.8, 4) is 0 Å². The summed E-state index contributed by atoms with van der Waals surface area (Å²) in [5.41, 5.74) is 2.28. The number of anilines is 1. The van der Waals surface area contributed by atoms with Crippen molar-refractivity contribution in [1.29, 1.82) is 0 Å². The molecule has 0 bridgehead atoms. The van der Waals surface area contributed by atoms with Gasteiger partial charge in [-0.05, 0) is 67.4 Å². The fourth-order valence-electron chi connectivity index (χ4n) is 4.71. The van der Waals surface area contributed by atoms with E-state index in [0.717, 1.165) is 15.4 Å². The summed E-state index contributed by atoms with van der Waals surface area (Å²) in [5.74, 6) is -1.05. The van der Waals surface area contributed by atoms with E-state index in [1.165, 1.54) is 35.2 Å². The van der Waals surface area contributed by atoms with Gasteiger partial charge in [-0.3, -0.25) is 13.9 Å². The molecule has 0 aliphatic rings. The fourth-order valence-corrected chi connectivity index (χ4v) is 6.89. The molecule has 236 valence electrons. The number of amides is 2. The van der Waals surface area contributed by atoms with Gasteiger partial charge in [0, 0.05) is 24.5 Å². The SMILES string of the molecule is CCNC(=O)[C@H](Cc1ccccc1)N(Cc1ccc(Cl)c(Cl)c1)C(=O)CN(c1cc(Cl)ccc1Cl)S(=O)(=O)c1ccc(C)cc1. The van der Waals surface area contributed by atoms with Gasteiger partial charge < -0.3 is 10.2 Å². The highest BCUT2D eigenvalue weighted by Crippen LogP contribution is 2.34. The first-order valence-corrected chi connectivity index (χ1v) is 17.0. The largest absolute Gasteiger partial charge is 0.355 e. The first-order chi connectivity index (χ1) is 21.4. The Kier molecular flexibility index (Phi) is 11.8. The summed E-state index contributed by atoms with van der Waals surface area (Å²) in [6.45, 7) is 3.19. The van der Waals surface area contributed by atoms with Crippen molar-refractivity contribution < 1.29 is 18.0 Å².